The summed E-state index contributed by atoms with van der Waals surface area (Å²) < 4.78 is 50.5. The number of carbonyl (C=O) groups excluding carboxylic acids is 2. The van der Waals surface area contributed by atoms with Crippen LogP contribution in [0.5, 0.6) is 11.5 Å². The Balaban J connectivity index is 1.91. The third-order valence-electron chi connectivity index (χ3n) is 3.40. The van der Waals surface area contributed by atoms with Crippen molar-refractivity contribution in [1.82, 2.24) is 0 Å². The zero-order valence-corrected chi connectivity index (χ0v) is 15.1. The lowest BCUT2D eigenvalue weighted by molar-refractivity contribution is -0.274. The second kappa shape index (κ2) is 9.12. The fourth-order valence-electron chi connectivity index (χ4n) is 2.13. The number of esters is 1. The molecule has 0 saturated carbocycles. The van der Waals surface area contributed by atoms with E-state index in [2.05, 4.69) is 10.1 Å². The molecule has 2 aromatic rings. The van der Waals surface area contributed by atoms with Crippen molar-refractivity contribution < 1.29 is 37.0 Å². The van der Waals surface area contributed by atoms with Gasteiger partial charge in [-0.1, -0.05) is 0 Å². The number of hydrogen-bond acceptors (Lipinski definition) is 5. The summed E-state index contributed by atoms with van der Waals surface area (Å²) in [6, 6.07) is 10.8. The molecule has 0 saturated heterocycles. The van der Waals surface area contributed by atoms with Crippen LogP contribution in [0.1, 0.15) is 24.2 Å². The minimum atomic E-state index is -4.78. The number of halogens is 3. The number of alkyl halides is 3. The fraction of sp³-hybridized carbons (Fsp3) is 0.263. The number of amides is 1. The van der Waals surface area contributed by atoms with E-state index in [-0.39, 0.29) is 12.3 Å². The number of rotatable bonds is 7. The standard InChI is InChI=1S/C19H18F3NO5/c1-3-26-18(25)13-4-8-15(9-5-13)27-12(2)17(24)23-14-6-10-16(11-7-14)28-19(20,21)22/h4-12H,3H2,1-2H3,(H,23,24). The molecule has 0 heterocycles. The summed E-state index contributed by atoms with van der Waals surface area (Å²) in [5.41, 5.74) is 0.639. The number of ether oxygens (including phenoxy) is 3. The lowest BCUT2D eigenvalue weighted by atomic mass is 10.2. The van der Waals surface area contributed by atoms with Gasteiger partial charge < -0.3 is 19.5 Å². The highest BCUT2D eigenvalue weighted by atomic mass is 19.4. The Morgan fingerprint density at radius 1 is 1.00 bits per heavy atom. The molecule has 0 fully saturated rings. The van der Waals surface area contributed by atoms with Gasteiger partial charge in [0.05, 0.1) is 12.2 Å². The van der Waals surface area contributed by atoms with Gasteiger partial charge in [-0.15, -0.1) is 13.2 Å². The Kier molecular flexibility index (Phi) is 6.86. The zero-order chi connectivity index (χ0) is 20.7. The molecule has 1 unspecified atom stereocenters. The summed E-state index contributed by atoms with van der Waals surface area (Å²) in [6.45, 7) is 3.47. The van der Waals surface area contributed by atoms with Crippen molar-refractivity contribution in [2.45, 2.75) is 26.3 Å². The van der Waals surface area contributed by atoms with Crippen molar-refractivity contribution in [1.29, 1.82) is 0 Å². The van der Waals surface area contributed by atoms with Crippen LogP contribution in [0, 0.1) is 0 Å². The maximum Gasteiger partial charge on any atom is 0.573 e. The summed E-state index contributed by atoms with van der Waals surface area (Å²) in [4.78, 5) is 23.8. The van der Waals surface area contributed by atoms with Crippen molar-refractivity contribution in [2.75, 3.05) is 11.9 Å². The molecule has 1 amide bonds. The van der Waals surface area contributed by atoms with Gasteiger partial charge in [-0.05, 0) is 62.4 Å². The zero-order valence-electron chi connectivity index (χ0n) is 15.1. The summed E-state index contributed by atoms with van der Waals surface area (Å²) in [7, 11) is 0. The van der Waals surface area contributed by atoms with Crippen LogP contribution in [0.15, 0.2) is 48.5 Å². The van der Waals surface area contributed by atoms with Crippen molar-refractivity contribution in [3.05, 3.63) is 54.1 Å². The molecule has 1 N–H and O–H groups in total. The molecule has 0 bridgehead atoms. The van der Waals surface area contributed by atoms with Crippen LogP contribution in [0.25, 0.3) is 0 Å². The summed E-state index contributed by atoms with van der Waals surface area (Å²) >= 11 is 0. The Bertz CT molecular complexity index is 804. The lowest BCUT2D eigenvalue weighted by Gasteiger charge is -2.15. The fourth-order valence-corrected chi connectivity index (χ4v) is 2.13. The maximum atomic E-state index is 12.2. The van der Waals surface area contributed by atoms with Crippen molar-refractivity contribution in [3.63, 3.8) is 0 Å². The second-order valence-corrected chi connectivity index (χ2v) is 5.57. The predicted molar refractivity (Wildman–Crippen MR) is 94.2 cm³/mol. The quantitative estimate of drug-likeness (QED) is 0.710. The van der Waals surface area contributed by atoms with Crippen molar-refractivity contribution in [2.24, 2.45) is 0 Å². The normalized spacial score (nSPS) is 12.0. The predicted octanol–water partition coefficient (Wildman–Crippen LogP) is 4.17. The van der Waals surface area contributed by atoms with E-state index in [1.54, 1.807) is 6.92 Å². The Hall–Kier alpha value is -3.23. The van der Waals surface area contributed by atoms with E-state index in [4.69, 9.17) is 9.47 Å². The molecular formula is C19H18F3NO5. The monoisotopic (exact) mass is 397 g/mol. The van der Waals surface area contributed by atoms with E-state index in [1.165, 1.54) is 43.3 Å². The van der Waals surface area contributed by atoms with E-state index < -0.39 is 30.1 Å². The van der Waals surface area contributed by atoms with Crippen LogP contribution in [0.4, 0.5) is 18.9 Å². The van der Waals surface area contributed by atoms with E-state index in [0.29, 0.717) is 11.3 Å². The highest BCUT2D eigenvalue weighted by Gasteiger charge is 2.31. The molecule has 2 aromatic carbocycles. The van der Waals surface area contributed by atoms with Crippen LogP contribution >= 0.6 is 0 Å². The number of hydrogen-bond donors (Lipinski definition) is 1. The largest absolute Gasteiger partial charge is 0.573 e. The highest BCUT2D eigenvalue weighted by Crippen LogP contribution is 2.24. The van der Waals surface area contributed by atoms with Crippen LogP contribution < -0.4 is 14.8 Å². The van der Waals surface area contributed by atoms with E-state index in [9.17, 15) is 22.8 Å². The minimum absolute atomic E-state index is 0.262. The van der Waals surface area contributed by atoms with Gasteiger partial charge >= 0.3 is 12.3 Å². The van der Waals surface area contributed by atoms with Gasteiger partial charge in [0.25, 0.3) is 5.91 Å². The molecule has 0 radical (unpaired) electrons. The molecule has 0 aliphatic carbocycles. The smallest absolute Gasteiger partial charge is 0.481 e. The highest BCUT2D eigenvalue weighted by molar-refractivity contribution is 5.94. The molecule has 0 aliphatic heterocycles. The van der Waals surface area contributed by atoms with Gasteiger partial charge in [-0.3, -0.25) is 4.79 Å². The van der Waals surface area contributed by atoms with Gasteiger partial charge in [0.1, 0.15) is 11.5 Å². The summed E-state index contributed by atoms with van der Waals surface area (Å²) in [5.74, 6) is -0.988. The molecule has 28 heavy (non-hydrogen) atoms. The Morgan fingerprint density at radius 3 is 2.11 bits per heavy atom. The van der Waals surface area contributed by atoms with Crippen LogP contribution in [-0.4, -0.2) is 30.9 Å². The van der Waals surface area contributed by atoms with E-state index >= 15 is 0 Å². The van der Waals surface area contributed by atoms with Crippen molar-refractivity contribution >= 4 is 17.6 Å². The Morgan fingerprint density at radius 2 is 1.57 bits per heavy atom. The average molecular weight is 397 g/mol. The minimum Gasteiger partial charge on any atom is -0.481 e. The lowest BCUT2D eigenvalue weighted by Crippen LogP contribution is -2.30. The molecule has 0 aliphatic rings. The summed E-state index contributed by atoms with van der Waals surface area (Å²) in [6.07, 6.45) is -5.67. The Labute approximate surface area is 159 Å². The van der Waals surface area contributed by atoms with E-state index in [0.717, 1.165) is 12.1 Å². The van der Waals surface area contributed by atoms with Crippen molar-refractivity contribution in [3.8, 4) is 11.5 Å². The number of anilines is 1. The van der Waals surface area contributed by atoms with Gasteiger partial charge in [0.15, 0.2) is 6.10 Å². The van der Waals surface area contributed by atoms with Crippen LogP contribution in [0.3, 0.4) is 0 Å². The third kappa shape index (κ3) is 6.49. The summed E-state index contributed by atoms with van der Waals surface area (Å²) in [5, 5.41) is 2.52. The first-order valence-electron chi connectivity index (χ1n) is 8.28. The second-order valence-electron chi connectivity index (χ2n) is 5.57. The topological polar surface area (TPSA) is 73.9 Å². The van der Waals surface area contributed by atoms with Gasteiger partial charge in [-0.2, -0.15) is 0 Å². The molecular weight excluding hydrogens is 379 g/mol. The van der Waals surface area contributed by atoms with Gasteiger partial charge in [-0.25, -0.2) is 4.79 Å². The molecule has 0 aromatic heterocycles. The van der Waals surface area contributed by atoms with Gasteiger partial charge in [0, 0.05) is 5.69 Å². The molecule has 0 spiro atoms. The first-order valence-corrected chi connectivity index (χ1v) is 8.28. The van der Waals surface area contributed by atoms with Gasteiger partial charge in [0.2, 0.25) is 0 Å². The third-order valence-corrected chi connectivity index (χ3v) is 3.40. The average Bonchev–Trinajstić information content (AvgIpc) is 2.63. The number of nitrogens with one attached hydrogen (secondary N) is 1. The number of benzene rings is 2. The van der Waals surface area contributed by atoms with E-state index in [1.807, 2.05) is 0 Å². The molecule has 9 heteroatoms. The maximum absolute atomic E-state index is 12.2. The first-order chi connectivity index (χ1) is 13.2. The van der Waals surface area contributed by atoms with Crippen LogP contribution in [0.2, 0.25) is 0 Å². The molecule has 6 nitrogen and oxygen atoms in total. The molecule has 150 valence electrons. The SMILES string of the molecule is CCOC(=O)c1ccc(OC(C)C(=O)Nc2ccc(OC(F)(F)F)cc2)cc1. The molecule has 2 rings (SSSR count). The van der Waals surface area contributed by atoms with Crippen LogP contribution in [-0.2, 0) is 9.53 Å². The first kappa shape index (κ1) is 21.1. The number of carbonyl (C=O) groups is 2. The molecule has 1 atom stereocenters.